The van der Waals surface area contributed by atoms with Crippen LogP contribution in [0.25, 0.3) is 11.0 Å². The third-order valence-electron chi connectivity index (χ3n) is 2.56. The molecule has 0 amide bonds. The second-order valence-electron chi connectivity index (χ2n) is 3.53. The van der Waals surface area contributed by atoms with E-state index in [0.717, 1.165) is 0 Å². The van der Waals surface area contributed by atoms with Crippen molar-refractivity contribution in [2.24, 2.45) is 14.1 Å². The van der Waals surface area contributed by atoms with Crippen LogP contribution in [0.2, 0.25) is 5.02 Å². The Morgan fingerprint density at radius 1 is 1.31 bits per heavy atom. The van der Waals surface area contributed by atoms with Crippen LogP contribution in [0.1, 0.15) is 10.4 Å². The molecule has 0 unspecified atom stereocenters. The van der Waals surface area contributed by atoms with E-state index in [4.69, 9.17) is 16.7 Å². The number of nitrogens with zero attached hydrogens (tertiary/aromatic N) is 2. The lowest BCUT2D eigenvalue weighted by Crippen LogP contribution is -2.19. The SMILES string of the molecule is Cn1c(=O)n(C)c2c(C(=O)O)cc(Cl)cc21. The number of hydrogen-bond acceptors (Lipinski definition) is 2. The monoisotopic (exact) mass is 240 g/mol. The lowest BCUT2D eigenvalue weighted by molar-refractivity contribution is 0.0698. The maximum atomic E-state index is 11.7. The number of hydrogen-bond donors (Lipinski definition) is 1. The predicted octanol–water partition coefficient (Wildman–Crippen LogP) is 1.23. The number of aryl methyl sites for hydroxylation is 2. The first kappa shape index (κ1) is 10.8. The van der Waals surface area contributed by atoms with E-state index in [0.29, 0.717) is 16.1 Å². The molecule has 6 heteroatoms. The largest absolute Gasteiger partial charge is 0.478 e. The third-order valence-corrected chi connectivity index (χ3v) is 2.77. The lowest BCUT2D eigenvalue weighted by atomic mass is 10.2. The number of carboxylic acid groups (broad SMARTS) is 1. The number of fused-ring (bicyclic) bond motifs is 1. The van der Waals surface area contributed by atoms with Crippen LogP contribution in [-0.2, 0) is 14.1 Å². The molecule has 0 saturated heterocycles. The Morgan fingerprint density at radius 2 is 1.94 bits per heavy atom. The molecule has 5 nitrogen and oxygen atoms in total. The van der Waals surface area contributed by atoms with E-state index < -0.39 is 5.97 Å². The molecule has 0 radical (unpaired) electrons. The molecule has 1 heterocycles. The van der Waals surface area contributed by atoms with Crippen LogP contribution < -0.4 is 5.69 Å². The van der Waals surface area contributed by atoms with E-state index in [1.807, 2.05) is 0 Å². The van der Waals surface area contributed by atoms with Crippen LogP contribution in [0.3, 0.4) is 0 Å². The van der Waals surface area contributed by atoms with E-state index in [9.17, 15) is 9.59 Å². The molecule has 2 aromatic rings. The van der Waals surface area contributed by atoms with Crippen molar-refractivity contribution in [2.75, 3.05) is 0 Å². The Hall–Kier alpha value is -1.75. The molecule has 0 aliphatic rings. The first-order chi connectivity index (χ1) is 7.43. The minimum atomic E-state index is -1.10. The van der Waals surface area contributed by atoms with Crippen molar-refractivity contribution in [1.29, 1.82) is 0 Å². The first-order valence-corrected chi connectivity index (χ1v) is 4.89. The summed E-state index contributed by atoms with van der Waals surface area (Å²) in [5, 5.41) is 9.35. The second kappa shape index (κ2) is 3.38. The van der Waals surface area contributed by atoms with Crippen molar-refractivity contribution in [3.63, 3.8) is 0 Å². The number of halogens is 1. The molecular weight excluding hydrogens is 232 g/mol. The summed E-state index contributed by atoms with van der Waals surface area (Å²) in [6.45, 7) is 0. The molecule has 0 saturated carbocycles. The number of imidazole rings is 1. The van der Waals surface area contributed by atoms with Crippen molar-refractivity contribution < 1.29 is 9.90 Å². The van der Waals surface area contributed by atoms with Gasteiger partial charge in [-0.1, -0.05) is 11.6 Å². The molecule has 0 bridgehead atoms. The number of carbonyl (C=O) groups is 1. The van der Waals surface area contributed by atoms with Gasteiger partial charge in [0.25, 0.3) is 0 Å². The Balaban J connectivity index is 3.08. The van der Waals surface area contributed by atoms with Crippen LogP contribution in [0.15, 0.2) is 16.9 Å². The quantitative estimate of drug-likeness (QED) is 0.815. The predicted molar refractivity (Wildman–Crippen MR) is 60.1 cm³/mol. The summed E-state index contributed by atoms with van der Waals surface area (Å²) in [5.74, 6) is -1.10. The molecule has 2 rings (SSSR count). The zero-order valence-corrected chi connectivity index (χ0v) is 9.45. The highest BCUT2D eigenvalue weighted by Crippen LogP contribution is 2.22. The average molecular weight is 241 g/mol. The molecule has 0 fully saturated rings. The summed E-state index contributed by atoms with van der Waals surface area (Å²) in [4.78, 5) is 22.7. The van der Waals surface area contributed by atoms with Gasteiger partial charge in [0.2, 0.25) is 0 Å². The normalized spacial score (nSPS) is 10.9. The fourth-order valence-electron chi connectivity index (χ4n) is 1.78. The lowest BCUT2D eigenvalue weighted by Gasteiger charge is -2.01. The van der Waals surface area contributed by atoms with Gasteiger partial charge in [-0.2, -0.15) is 0 Å². The van der Waals surface area contributed by atoms with Crippen LogP contribution in [0.5, 0.6) is 0 Å². The fourth-order valence-corrected chi connectivity index (χ4v) is 1.99. The molecule has 0 aliphatic carbocycles. The van der Waals surface area contributed by atoms with Gasteiger partial charge in [-0.15, -0.1) is 0 Å². The number of rotatable bonds is 1. The smallest absolute Gasteiger partial charge is 0.337 e. The van der Waals surface area contributed by atoms with Gasteiger partial charge in [0, 0.05) is 19.1 Å². The van der Waals surface area contributed by atoms with Crippen molar-refractivity contribution in [2.45, 2.75) is 0 Å². The summed E-state index contributed by atoms with van der Waals surface area (Å²) >= 11 is 5.81. The number of aromatic carboxylic acids is 1. The minimum absolute atomic E-state index is 0.0303. The van der Waals surface area contributed by atoms with E-state index in [1.54, 1.807) is 13.1 Å². The number of aromatic nitrogens is 2. The molecule has 0 spiro atoms. The molecule has 16 heavy (non-hydrogen) atoms. The molecule has 84 valence electrons. The van der Waals surface area contributed by atoms with Crippen LogP contribution in [-0.4, -0.2) is 20.2 Å². The van der Waals surface area contributed by atoms with E-state index in [1.165, 1.54) is 22.2 Å². The molecule has 0 atom stereocenters. The molecule has 1 N–H and O–H groups in total. The highest BCUT2D eigenvalue weighted by Gasteiger charge is 2.17. The van der Waals surface area contributed by atoms with Gasteiger partial charge in [-0.25, -0.2) is 9.59 Å². The standard InChI is InChI=1S/C10H9ClN2O3/c1-12-7-4-5(11)3-6(9(14)15)8(7)13(2)10(12)16/h3-4H,1-2H3,(H,14,15). The maximum absolute atomic E-state index is 11.7. The molecule has 1 aromatic carbocycles. The molecule has 0 aliphatic heterocycles. The van der Waals surface area contributed by atoms with Crippen molar-refractivity contribution in [3.8, 4) is 0 Å². The summed E-state index contributed by atoms with van der Waals surface area (Å²) < 4.78 is 2.67. The Morgan fingerprint density at radius 3 is 2.50 bits per heavy atom. The second-order valence-corrected chi connectivity index (χ2v) is 3.96. The van der Waals surface area contributed by atoms with Crippen molar-refractivity contribution >= 4 is 28.6 Å². The van der Waals surface area contributed by atoms with Gasteiger partial charge in [0.05, 0.1) is 16.6 Å². The Bertz CT molecular complexity index is 654. The summed E-state index contributed by atoms with van der Waals surface area (Å²) in [6, 6.07) is 2.91. The van der Waals surface area contributed by atoms with Gasteiger partial charge in [0.1, 0.15) is 0 Å². The van der Waals surface area contributed by atoms with E-state index in [2.05, 4.69) is 0 Å². The van der Waals surface area contributed by atoms with E-state index >= 15 is 0 Å². The summed E-state index contributed by atoms with van der Waals surface area (Å²) in [7, 11) is 3.11. The van der Waals surface area contributed by atoms with Crippen LogP contribution in [0, 0.1) is 0 Å². The third kappa shape index (κ3) is 1.32. The number of carboxylic acids is 1. The first-order valence-electron chi connectivity index (χ1n) is 4.51. The Labute approximate surface area is 95.5 Å². The van der Waals surface area contributed by atoms with Crippen molar-refractivity contribution in [3.05, 3.63) is 33.2 Å². The average Bonchev–Trinajstić information content (AvgIpc) is 2.43. The topological polar surface area (TPSA) is 64.2 Å². The Kier molecular flexibility index (Phi) is 2.27. The summed E-state index contributed by atoms with van der Waals surface area (Å²) in [5.41, 5.74) is 0.643. The maximum Gasteiger partial charge on any atom is 0.337 e. The number of benzene rings is 1. The molecular formula is C10H9ClN2O3. The van der Waals surface area contributed by atoms with Crippen LogP contribution >= 0.6 is 11.6 Å². The van der Waals surface area contributed by atoms with Crippen molar-refractivity contribution in [1.82, 2.24) is 9.13 Å². The van der Waals surface area contributed by atoms with Gasteiger partial charge in [0.15, 0.2) is 0 Å². The highest BCUT2D eigenvalue weighted by atomic mass is 35.5. The van der Waals surface area contributed by atoms with Gasteiger partial charge < -0.3 is 5.11 Å². The molecule has 1 aromatic heterocycles. The summed E-state index contributed by atoms with van der Waals surface area (Å²) in [6.07, 6.45) is 0. The van der Waals surface area contributed by atoms with Crippen LogP contribution in [0.4, 0.5) is 0 Å². The zero-order chi connectivity index (χ0) is 12.0. The highest BCUT2D eigenvalue weighted by molar-refractivity contribution is 6.31. The fraction of sp³-hybridized carbons (Fsp3) is 0.200. The zero-order valence-electron chi connectivity index (χ0n) is 8.69. The minimum Gasteiger partial charge on any atom is -0.478 e. The van der Waals surface area contributed by atoms with Gasteiger partial charge in [-0.3, -0.25) is 9.13 Å². The van der Waals surface area contributed by atoms with Gasteiger partial charge >= 0.3 is 11.7 Å². The van der Waals surface area contributed by atoms with Gasteiger partial charge in [-0.05, 0) is 12.1 Å². The van der Waals surface area contributed by atoms with E-state index in [-0.39, 0.29) is 11.3 Å².